The molecule has 0 saturated heterocycles. The summed E-state index contributed by atoms with van der Waals surface area (Å²) in [5, 5.41) is 0. The van der Waals surface area contributed by atoms with Crippen molar-refractivity contribution in [3.8, 4) is 5.75 Å². The monoisotopic (exact) mass is 257 g/mol. The van der Waals surface area contributed by atoms with E-state index in [1.54, 1.807) is 0 Å². The van der Waals surface area contributed by atoms with Crippen molar-refractivity contribution in [2.24, 2.45) is 11.1 Å². The zero-order valence-electron chi connectivity index (χ0n) is 11.5. The van der Waals surface area contributed by atoms with Crippen molar-refractivity contribution in [1.82, 2.24) is 0 Å². The first-order valence-corrected chi connectivity index (χ1v) is 7.82. The van der Waals surface area contributed by atoms with Crippen LogP contribution in [0.15, 0.2) is 18.2 Å². The Balaban J connectivity index is 1.53. The number of hydrogen-bond donors (Lipinski definition) is 1. The van der Waals surface area contributed by atoms with Gasteiger partial charge in [-0.3, -0.25) is 0 Å². The summed E-state index contributed by atoms with van der Waals surface area (Å²) >= 11 is 0. The van der Waals surface area contributed by atoms with Crippen LogP contribution in [-0.4, -0.2) is 12.1 Å². The lowest BCUT2D eigenvalue weighted by molar-refractivity contribution is -0.0620. The molecule has 0 bridgehead atoms. The van der Waals surface area contributed by atoms with Gasteiger partial charge in [0.25, 0.3) is 0 Å². The SMILES string of the molecule is NC1CC(Oc2ccc3c(c2)CCC3)C12CCCC2. The average molecular weight is 257 g/mol. The van der Waals surface area contributed by atoms with Gasteiger partial charge < -0.3 is 10.5 Å². The molecular formula is C17H23NO. The predicted octanol–water partition coefficient (Wildman–Crippen LogP) is 3.21. The van der Waals surface area contributed by atoms with Gasteiger partial charge >= 0.3 is 0 Å². The van der Waals surface area contributed by atoms with Crippen LogP contribution in [0.1, 0.15) is 49.7 Å². The molecule has 2 fully saturated rings. The Labute approximate surface area is 115 Å². The number of benzene rings is 1. The molecule has 4 rings (SSSR count). The Kier molecular flexibility index (Phi) is 2.63. The van der Waals surface area contributed by atoms with E-state index in [1.165, 1.54) is 56.1 Å². The number of fused-ring (bicyclic) bond motifs is 1. The van der Waals surface area contributed by atoms with Crippen LogP contribution >= 0.6 is 0 Å². The fourth-order valence-electron chi connectivity index (χ4n) is 4.46. The summed E-state index contributed by atoms with van der Waals surface area (Å²) in [4.78, 5) is 0. The maximum absolute atomic E-state index is 6.30. The first-order valence-electron chi connectivity index (χ1n) is 7.82. The Morgan fingerprint density at radius 3 is 2.63 bits per heavy atom. The zero-order chi connectivity index (χ0) is 12.9. The lowest BCUT2D eigenvalue weighted by Crippen LogP contribution is -2.62. The van der Waals surface area contributed by atoms with Gasteiger partial charge in [-0.25, -0.2) is 0 Å². The maximum Gasteiger partial charge on any atom is 0.120 e. The number of aryl methyl sites for hydroxylation is 2. The van der Waals surface area contributed by atoms with Crippen LogP contribution in [0.25, 0.3) is 0 Å². The predicted molar refractivity (Wildman–Crippen MR) is 76.4 cm³/mol. The van der Waals surface area contributed by atoms with Crippen molar-refractivity contribution in [3.05, 3.63) is 29.3 Å². The van der Waals surface area contributed by atoms with Crippen LogP contribution in [0, 0.1) is 5.41 Å². The van der Waals surface area contributed by atoms with Crippen LogP contribution in [0.3, 0.4) is 0 Å². The Bertz CT molecular complexity index is 490. The molecule has 3 aliphatic carbocycles. The van der Waals surface area contributed by atoms with E-state index in [1.807, 2.05) is 0 Å². The molecule has 19 heavy (non-hydrogen) atoms. The summed E-state index contributed by atoms with van der Waals surface area (Å²) in [6.07, 6.45) is 10.4. The lowest BCUT2D eigenvalue weighted by Gasteiger charge is -2.52. The van der Waals surface area contributed by atoms with Crippen molar-refractivity contribution in [2.75, 3.05) is 0 Å². The standard InChI is InChI=1S/C17H23NO/c18-15-11-16(17(15)8-1-2-9-17)19-14-7-6-12-4-3-5-13(12)10-14/h6-7,10,15-16H,1-5,8-9,11,18H2. The Morgan fingerprint density at radius 2 is 1.84 bits per heavy atom. The minimum atomic E-state index is 0.305. The van der Waals surface area contributed by atoms with E-state index in [9.17, 15) is 0 Å². The van der Waals surface area contributed by atoms with E-state index in [2.05, 4.69) is 18.2 Å². The van der Waals surface area contributed by atoms with Gasteiger partial charge in [0, 0.05) is 17.9 Å². The topological polar surface area (TPSA) is 35.2 Å². The van der Waals surface area contributed by atoms with Crippen LogP contribution in [-0.2, 0) is 12.8 Å². The Hall–Kier alpha value is -1.02. The molecule has 0 heterocycles. The Morgan fingerprint density at radius 1 is 1.05 bits per heavy atom. The molecule has 2 N–H and O–H groups in total. The summed E-state index contributed by atoms with van der Waals surface area (Å²) in [7, 11) is 0. The first kappa shape index (κ1) is 11.8. The number of rotatable bonds is 2. The van der Waals surface area contributed by atoms with E-state index < -0.39 is 0 Å². The lowest BCUT2D eigenvalue weighted by atomic mass is 9.61. The summed E-state index contributed by atoms with van der Waals surface area (Å²) in [6.45, 7) is 0. The second-order valence-electron chi connectivity index (χ2n) is 6.67. The molecule has 2 nitrogen and oxygen atoms in total. The van der Waals surface area contributed by atoms with Gasteiger partial charge in [0.2, 0.25) is 0 Å². The molecule has 2 saturated carbocycles. The molecule has 102 valence electrons. The fraction of sp³-hybridized carbons (Fsp3) is 0.647. The molecule has 0 aliphatic heterocycles. The number of nitrogens with two attached hydrogens (primary N) is 1. The van der Waals surface area contributed by atoms with Crippen molar-refractivity contribution in [1.29, 1.82) is 0 Å². The highest BCUT2D eigenvalue weighted by Gasteiger charge is 2.56. The van der Waals surface area contributed by atoms with Gasteiger partial charge in [-0.2, -0.15) is 0 Å². The summed E-state index contributed by atoms with van der Waals surface area (Å²) in [6, 6.07) is 7.07. The summed E-state index contributed by atoms with van der Waals surface area (Å²) in [5.41, 5.74) is 9.60. The van der Waals surface area contributed by atoms with Gasteiger partial charge in [0.05, 0.1) is 0 Å². The smallest absolute Gasteiger partial charge is 0.120 e. The molecular weight excluding hydrogens is 234 g/mol. The summed E-state index contributed by atoms with van der Waals surface area (Å²) < 4.78 is 6.30. The third-order valence-corrected chi connectivity index (χ3v) is 5.73. The molecule has 2 unspecified atom stereocenters. The van der Waals surface area contributed by atoms with Gasteiger partial charge in [-0.15, -0.1) is 0 Å². The van der Waals surface area contributed by atoms with Gasteiger partial charge in [-0.05, 0) is 55.4 Å². The highest BCUT2D eigenvalue weighted by molar-refractivity contribution is 5.38. The van der Waals surface area contributed by atoms with Gasteiger partial charge in [-0.1, -0.05) is 18.9 Å². The molecule has 1 spiro atoms. The molecule has 1 aromatic rings. The number of ether oxygens (including phenoxy) is 1. The molecule has 3 aliphatic rings. The van der Waals surface area contributed by atoms with E-state index in [0.717, 1.165) is 12.2 Å². The minimum Gasteiger partial charge on any atom is -0.490 e. The van der Waals surface area contributed by atoms with E-state index >= 15 is 0 Å². The van der Waals surface area contributed by atoms with Gasteiger partial charge in [0.15, 0.2) is 0 Å². The largest absolute Gasteiger partial charge is 0.490 e. The molecule has 0 radical (unpaired) electrons. The van der Waals surface area contributed by atoms with E-state index in [-0.39, 0.29) is 0 Å². The van der Waals surface area contributed by atoms with Crippen molar-refractivity contribution < 1.29 is 4.74 Å². The molecule has 2 heteroatoms. The van der Waals surface area contributed by atoms with Crippen LogP contribution in [0.4, 0.5) is 0 Å². The quantitative estimate of drug-likeness (QED) is 0.883. The van der Waals surface area contributed by atoms with Crippen molar-refractivity contribution in [2.45, 2.75) is 63.5 Å². The normalized spacial score (nSPS) is 31.2. The second-order valence-corrected chi connectivity index (χ2v) is 6.67. The van der Waals surface area contributed by atoms with Crippen LogP contribution in [0.2, 0.25) is 0 Å². The van der Waals surface area contributed by atoms with Crippen LogP contribution in [0.5, 0.6) is 5.75 Å². The fourth-order valence-corrected chi connectivity index (χ4v) is 4.46. The second kappa shape index (κ2) is 4.24. The highest BCUT2D eigenvalue weighted by atomic mass is 16.5. The van der Waals surface area contributed by atoms with Crippen molar-refractivity contribution >= 4 is 0 Å². The number of hydrogen-bond acceptors (Lipinski definition) is 2. The van der Waals surface area contributed by atoms with E-state index in [0.29, 0.717) is 17.6 Å². The first-order chi connectivity index (χ1) is 9.28. The third kappa shape index (κ3) is 1.73. The van der Waals surface area contributed by atoms with Crippen LogP contribution < -0.4 is 10.5 Å². The third-order valence-electron chi connectivity index (χ3n) is 5.73. The van der Waals surface area contributed by atoms with Crippen molar-refractivity contribution in [3.63, 3.8) is 0 Å². The molecule has 0 aromatic heterocycles. The zero-order valence-corrected chi connectivity index (χ0v) is 11.5. The maximum atomic E-state index is 6.30. The average Bonchev–Trinajstić information content (AvgIpc) is 3.08. The van der Waals surface area contributed by atoms with E-state index in [4.69, 9.17) is 10.5 Å². The molecule has 2 atom stereocenters. The summed E-state index contributed by atoms with van der Waals surface area (Å²) in [5.74, 6) is 1.07. The highest BCUT2D eigenvalue weighted by Crippen LogP contribution is 2.53. The van der Waals surface area contributed by atoms with Gasteiger partial charge in [0.1, 0.15) is 11.9 Å². The molecule has 1 aromatic carbocycles. The minimum absolute atomic E-state index is 0.305. The molecule has 0 amide bonds.